The van der Waals surface area contributed by atoms with Gasteiger partial charge in [0, 0.05) is 83.4 Å². The summed E-state index contributed by atoms with van der Waals surface area (Å²) in [5.74, 6) is 0.284. The molecule has 0 aliphatic carbocycles. The van der Waals surface area contributed by atoms with Crippen LogP contribution in [0.2, 0.25) is 0 Å². The Bertz CT molecular complexity index is 2150. The highest BCUT2D eigenvalue weighted by Gasteiger charge is 2.47. The van der Waals surface area contributed by atoms with Crippen LogP contribution in [0.3, 0.4) is 0 Å². The molecule has 4 aliphatic heterocycles. The number of piperidine rings is 4. The van der Waals surface area contributed by atoms with E-state index >= 15 is 0 Å². The number of nitrogens with one attached hydrogen (secondary N) is 1. The number of phenols is 1. The molecule has 310 valence electrons. The zero-order valence-corrected chi connectivity index (χ0v) is 33.8. The van der Waals surface area contributed by atoms with Crippen LogP contribution >= 0.6 is 0 Å². The molecule has 4 saturated heterocycles. The number of carbonyl (C=O) groups excluding carboxylic acids is 4. The summed E-state index contributed by atoms with van der Waals surface area (Å²) in [6.07, 6.45) is 8.57. The number of hydrogen-bond acceptors (Lipinski definition) is 11. The van der Waals surface area contributed by atoms with Gasteiger partial charge in [-0.05, 0) is 80.4 Å². The summed E-state index contributed by atoms with van der Waals surface area (Å²) in [5.41, 5.74) is 3.10. The van der Waals surface area contributed by atoms with Gasteiger partial charge in [0.2, 0.25) is 23.6 Å². The van der Waals surface area contributed by atoms with Crippen molar-refractivity contribution in [2.24, 2.45) is 7.05 Å². The van der Waals surface area contributed by atoms with Gasteiger partial charge >= 0.3 is 0 Å². The van der Waals surface area contributed by atoms with Gasteiger partial charge < -0.3 is 24.5 Å². The summed E-state index contributed by atoms with van der Waals surface area (Å²) in [7, 11) is 3.68. The van der Waals surface area contributed by atoms with Crippen LogP contribution in [-0.2, 0) is 26.2 Å². The molecule has 0 bridgehead atoms. The summed E-state index contributed by atoms with van der Waals surface area (Å²) in [4.78, 5) is 60.2. The summed E-state index contributed by atoms with van der Waals surface area (Å²) in [6.45, 7) is 4.33. The maximum Gasteiger partial charge on any atom is 0.266 e. The lowest BCUT2D eigenvalue weighted by molar-refractivity contribution is -0.152. The molecule has 2 aromatic carbocycles. The lowest BCUT2D eigenvalue weighted by atomic mass is 9.86. The van der Waals surface area contributed by atoms with Crippen molar-refractivity contribution in [3.63, 3.8) is 0 Å². The lowest BCUT2D eigenvalue weighted by Gasteiger charge is -2.45. The molecule has 1 atom stereocenters. The largest absolute Gasteiger partial charge is 0.507 e. The summed E-state index contributed by atoms with van der Waals surface area (Å²) in [5, 5.41) is 25.8. The molecule has 8 rings (SSSR count). The maximum absolute atomic E-state index is 14.6. The van der Waals surface area contributed by atoms with Crippen LogP contribution in [0.25, 0.3) is 11.3 Å². The van der Waals surface area contributed by atoms with Crippen molar-refractivity contribution in [1.82, 2.24) is 40.0 Å². The Balaban J connectivity index is 0.835. The minimum atomic E-state index is -1.12. The number of benzene rings is 2. The van der Waals surface area contributed by atoms with Gasteiger partial charge in [-0.1, -0.05) is 36.4 Å². The van der Waals surface area contributed by atoms with Crippen molar-refractivity contribution in [2.45, 2.75) is 74.8 Å². The van der Waals surface area contributed by atoms with Gasteiger partial charge in [-0.25, -0.2) is 0 Å². The lowest BCUT2D eigenvalue weighted by Crippen LogP contribution is -2.60. The molecule has 4 aliphatic rings. The molecule has 4 aromatic rings. The number of aromatic nitrogens is 4. The standard InChI is InChI=1S/C44H53N9O6/c1-49-20-17-40(48-49)59-44(18-25-52(26-19-44)34-27-37(47-45-28-34)36-5-3-4-6-38(36)54)43(58)50(2)33-15-23-53(24-16-33)41(56)29-51-21-13-31(14-22-51)30-7-9-32(10-8-30)35-11-12-39(55)46-42(35)57/h3-10,17,20,27-28,31,33,35,54H,11-16,18-19,21-26,29H2,1-2H3,(H,46,55,57)/t35-/m0/s1. The fourth-order valence-electron chi connectivity index (χ4n) is 9.20. The number of hydrogen-bond donors (Lipinski definition) is 2. The fraction of sp³-hybridized carbons (Fsp3) is 0.477. The molecule has 6 heterocycles. The first-order valence-electron chi connectivity index (χ1n) is 20.8. The third-order valence-electron chi connectivity index (χ3n) is 12.8. The highest BCUT2D eigenvalue weighted by atomic mass is 16.5. The molecule has 2 N–H and O–H groups in total. The number of amides is 4. The quantitative estimate of drug-likeness (QED) is 0.224. The predicted molar refractivity (Wildman–Crippen MR) is 220 cm³/mol. The Morgan fingerprint density at radius 2 is 1.63 bits per heavy atom. The smallest absolute Gasteiger partial charge is 0.266 e. The number of anilines is 1. The first-order valence-corrected chi connectivity index (χ1v) is 20.8. The van der Waals surface area contributed by atoms with Gasteiger partial charge in [0.05, 0.1) is 30.0 Å². The highest BCUT2D eigenvalue weighted by Crippen LogP contribution is 2.36. The zero-order chi connectivity index (χ0) is 41.1. The Labute approximate surface area is 344 Å². The van der Waals surface area contributed by atoms with Gasteiger partial charge in [-0.2, -0.15) is 10.2 Å². The second kappa shape index (κ2) is 17.2. The number of phenolic OH excluding ortho intramolecular Hbond substituents is 1. The van der Waals surface area contributed by atoms with Crippen LogP contribution in [-0.4, -0.2) is 128 Å². The minimum absolute atomic E-state index is 0.0311. The first kappa shape index (κ1) is 40.0. The molecule has 2 aromatic heterocycles. The normalized spacial score (nSPS) is 20.6. The SMILES string of the molecule is CN(C(=O)C1(Oc2ccn(C)n2)CCN(c2cnnc(-c3ccccc3O)c2)CC1)C1CCN(C(=O)CN2CCC(c3ccc([C@@H]4CCC(=O)NC4=O)cc3)CC2)CC1. The van der Waals surface area contributed by atoms with Crippen LogP contribution in [0.1, 0.15) is 74.3 Å². The predicted octanol–water partition coefficient (Wildman–Crippen LogP) is 3.85. The second-order valence-electron chi connectivity index (χ2n) is 16.5. The van der Waals surface area contributed by atoms with E-state index in [-0.39, 0.29) is 41.3 Å². The number of aryl methyl sites for hydroxylation is 1. The zero-order valence-electron chi connectivity index (χ0n) is 33.8. The average Bonchev–Trinajstić information content (AvgIpc) is 3.67. The van der Waals surface area contributed by atoms with Gasteiger partial charge in [0.1, 0.15) is 5.75 Å². The minimum Gasteiger partial charge on any atom is -0.507 e. The highest BCUT2D eigenvalue weighted by molar-refractivity contribution is 6.01. The van der Waals surface area contributed by atoms with Crippen molar-refractivity contribution >= 4 is 29.3 Å². The van der Waals surface area contributed by atoms with E-state index in [2.05, 4.69) is 42.5 Å². The van der Waals surface area contributed by atoms with E-state index in [0.717, 1.165) is 37.2 Å². The van der Waals surface area contributed by atoms with E-state index in [0.29, 0.717) is 94.3 Å². The number of likely N-dealkylation sites (N-methyl/N-ethyl adjacent to an activating group) is 1. The van der Waals surface area contributed by atoms with E-state index in [4.69, 9.17) is 4.74 Å². The van der Waals surface area contributed by atoms with Gasteiger partial charge in [-0.15, -0.1) is 5.10 Å². The second-order valence-corrected chi connectivity index (χ2v) is 16.5. The van der Waals surface area contributed by atoms with Crippen LogP contribution in [0.15, 0.2) is 73.1 Å². The number of carbonyl (C=O) groups is 4. The van der Waals surface area contributed by atoms with Crippen LogP contribution in [0, 0.1) is 0 Å². The topological polar surface area (TPSA) is 166 Å². The van der Waals surface area contributed by atoms with Crippen molar-refractivity contribution < 1.29 is 29.0 Å². The molecule has 0 radical (unpaired) electrons. The fourth-order valence-corrected chi connectivity index (χ4v) is 9.20. The molecule has 0 unspecified atom stereocenters. The van der Waals surface area contributed by atoms with Crippen molar-refractivity contribution in [3.8, 4) is 22.9 Å². The monoisotopic (exact) mass is 803 g/mol. The average molecular weight is 804 g/mol. The summed E-state index contributed by atoms with van der Waals surface area (Å²) in [6, 6.07) is 19.0. The summed E-state index contributed by atoms with van der Waals surface area (Å²) >= 11 is 0. The van der Waals surface area contributed by atoms with Crippen LogP contribution in [0.5, 0.6) is 11.6 Å². The number of ether oxygens (including phenoxy) is 1. The van der Waals surface area contributed by atoms with E-state index in [1.54, 1.807) is 41.3 Å². The number of para-hydroxylation sites is 1. The number of imide groups is 1. The van der Waals surface area contributed by atoms with Crippen LogP contribution < -0.4 is 15.0 Å². The molecule has 15 heteroatoms. The van der Waals surface area contributed by atoms with E-state index in [9.17, 15) is 24.3 Å². The van der Waals surface area contributed by atoms with Gasteiger partial charge in [0.25, 0.3) is 5.91 Å². The number of rotatable bonds is 10. The van der Waals surface area contributed by atoms with Crippen molar-refractivity contribution in [1.29, 1.82) is 0 Å². The molecule has 0 saturated carbocycles. The van der Waals surface area contributed by atoms with Gasteiger partial charge in [-0.3, -0.25) is 34.1 Å². The first-order chi connectivity index (χ1) is 28.5. The molecule has 59 heavy (non-hydrogen) atoms. The Hall–Kier alpha value is -5.83. The molecular formula is C44H53N9O6. The Morgan fingerprint density at radius 3 is 2.31 bits per heavy atom. The number of nitrogens with zero attached hydrogens (tertiary/aromatic N) is 8. The molecule has 0 spiro atoms. The Kier molecular flexibility index (Phi) is 11.6. The van der Waals surface area contributed by atoms with Crippen LogP contribution in [0.4, 0.5) is 5.69 Å². The summed E-state index contributed by atoms with van der Waals surface area (Å²) < 4.78 is 8.20. The number of likely N-dealkylation sites (tertiary alicyclic amines) is 2. The van der Waals surface area contributed by atoms with Crippen molar-refractivity contribution in [2.75, 3.05) is 57.8 Å². The molecule has 15 nitrogen and oxygen atoms in total. The van der Waals surface area contributed by atoms with E-state index in [1.807, 2.05) is 48.2 Å². The number of aromatic hydroxyl groups is 1. The molecule has 4 amide bonds. The molecular weight excluding hydrogens is 751 g/mol. The van der Waals surface area contributed by atoms with E-state index < -0.39 is 5.60 Å². The maximum atomic E-state index is 14.6. The third-order valence-corrected chi connectivity index (χ3v) is 12.8. The molecule has 4 fully saturated rings. The third kappa shape index (κ3) is 8.80. The van der Waals surface area contributed by atoms with E-state index in [1.165, 1.54) is 5.56 Å². The van der Waals surface area contributed by atoms with Gasteiger partial charge in [0.15, 0.2) is 5.60 Å². The Morgan fingerprint density at radius 1 is 0.915 bits per heavy atom. The van der Waals surface area contributed by atoms with Crippen molar-refractivity contribution in [3.05, 3.63) is 84.2 Å².